The molecule has 0 saturated heterocycles. The van der Waals surface area contributed by atoms with Crippen LogP contribution in [-0.4, -0.2) is 24.2 Å². The number of aliphatic hydroxyl groups is 1. The van der Waals surface area contributed by atoms with Gasteiger partial charge in [0.2, 0.25) is 5.91 Å². The first-order valence-corrected chi connectivity index (χ1v) is 6.92. The van der Waals surface area contributed by atoms with Crippen molar-refractivity contribution in [3.8, 4) is 0 Å². The van der Waals surface area contributed by atoms with Crippen molar-refractivity contribution in [2.45, 2.75) is 25.7 Å². The minimum atomic E-state index is -0.0952. The van der Waals surface area contributed by atoms with Gasteiger partial charge >= 0.3 is 0 Å². The molecule has 0 radical (unpaired) electrons. The van der Waals surface area contributed by atoms with Crippen LogP contribution in [0.2, 0.25) is 5.02 Å². The monoisotopic (exact) mass is 281 g/mol. The van der Waals surface area contributed by atoms with Gasteiger partial charge in [-0.3, -0.25) is 4.79 Å². The number of carbonyl (C=O) groups excluding carboxylic acids is 1. The van der Waals surface area contributed by atoms with Crippen LogP contribution in [0.4, 0.5) is 0 Å². The molecule has 0 atom stereocenters. The average Bonchev–Trinajstić information content (AvgIpc) is 2.40. The smallest absolute Gasteiger partial charge is 0.243 e. The number of amides is 1. The quantitative estimate of drug-likeness (QED) is 0.568. The molecule has 0 saturated carbocycles. The fourth-order valence-electron chi connectivity index (χ4n) is 1.64. The van der Waals surface area contributed by atoms with Crippen LogP contribution in [0.15, 0.2) is 30.3 Å². The highest BCUT2D eigenvalue weighted by molar-refractivity contribution is 6.30. The first kappa shape index (κ1) is 15.7. The van der Waals surface area contributed by atoms with E-state index in [1.165, 1.54) is 6.08 Å². The van der Waals surface area contributed by atoms with E-state index < -0.39 is 0 Å². The molecule has 104 valence electrons. The van der Waals surface area contributed by atoms with E-state index in [0.29, 0.717) is 11.6 Å². The molecule has 0 unspecified atom stereocenters. The molecule has 0 fully saturated rings. The van der Waals surface area contributed by atoms with Crippen molar-refractivity contribution >= 4 is 23.6 Å². The van der Waals surface area contributed by atoms with Gasteiger partial charge in [-0.1, -0.05) is 36.6 Å². The van der Waals surface area contributed by atoms with Crippen molar-refractivity contribution in [3.63, 3.8) is 0 Å². The molecule has 1 amide bonds. The van der Waals surface area contributed by atoms with Crippen molar-refractivity contribution in [1.82, 2.24) is 5.32 Å². The van der Waals surface area contributed by atoms with Gasteiger partial charge in [0.05, 0.1) is 0 Å². The predicted octanol–water partition coefficient (Wildman–Crippen LogP) is 3.02. The third kappa shape index (κ3) is 7.65. The Labute approximate surface area is 119 Å². The lowest BCUT2D eigenvalue weighted by Crippen LogP contribution is -2.21. The van der Waals surface area contributed by atoms with E-state index in [1.807, 2.05) is 12.1 Å². The maximum absolute atomic E-state index is 11.5. The number of halogens is 1. The second kappa shape index (κ2) is 9.59. The maximum Gasteiger partial charge on any atom is 0.243 e. The number of rotatable bonds is 8. The first-order valence-electron chi connectivity index (χ1n) is 6.54. The highest BCUT2D eigenvalue weighted by Crippen LogP contribution is 2.11. The van der Waals surface area contributed by atoms with Crippen LogP contribution in [0.25, 0.3) is 6.08 Å². The molecule has 2 N–H and O–H groups in total. The molecule has 0 aromatic heterocycles. The van der Waals surface area contributed by atoms with E-state index >= 15 is 0 Å². The van der Waals surface area contributed by atoms with Crippen LogP contribution in [0.3, 0.4) is 0 Å². The third-order valence-corrected chi connectivity index (χ3v) is 2.90. The van der Waals surface area contributed by atoms with Crippen LogP contribution >= 0.6 is 11.6 Å². The molecule has 0 spiro atoms. The lowest BCUT2D eigenvalue weighted by Gasteiger charge is -2.01. The molecule has 1 aromatic rings. The molecule has 0 heterocycles. The van der Waals surface area contributed by atoms with Gasteiger partial charge in [0.15, 0.2) is 0 Å². The summed E-state index contributed by atoms with van der Waals surface area (Å²) in [6.45, 7) is 0.916. The summed E-state index contributed by atoms with van der Waals surface area (Å²) in [6.07, 6.45) is 7.06. The van der Waals surface area contributed by atoms with Gasteiger partial charge in [-0.2, -0.15) is 0 Å². The molecule has 0 aliphatic heterocycles. The molecule has 0 aliphatic rings. The van der Waals surface area contributed by atoms with Gasteiger partial charge in [0.25, 0.3) is 0 Å². The van der Waals surface area contributed by atoms with Crippen LogP contribution in [0.5, 0.6) is 0 Å². The van der Waals surface area contributed by atoms with Gasteiger partial charge in [-0.05, 0) is 36.6 Å². The van der Waals surface area contributed by atoms with Crippen molar-refractivity contribution in [3.05, 3.63) is 40.9 Å². The standard InChI is InChI=1S/C15H20ClNO2/c16-14-7-5-6-13(12-14)8-9-15(19)17-10-3-1-2-4-11-18/h5-9,12,18H,1-4,10-11H2,(H,17,19)/b9-8+. The largest absolute Gasteiger partial charge is 0.396 e. The second-order valence-corrected chi connectivity index (χ2v) is 4.75. The third-order valence-electron chi connectivity index (χ3n) is 2.66. The topological polar surface area (TPSA) is 49.3 Å². The minimum Gasteiger partial charge on any atom is -0.396 e. The number of carbonyl (C=O) groups is 1. The Kier molecular flexibility index (Phi) is 7.94. The zero-order valence-electron chi connectivity index (χ0n) is 10.9. The average molecular weight is 282 g/mol. The Morgan fingerprint density at radius 1 is 1.26 bits per heavy atom. The first-order chi connectivity index (χ1) is 9.22. The highest BCUT2D eigenvalue weighted by atomic mass is 35.5. The molecule has 0 bridgehead atoms. The molecule has 1 aromatic carbocycles. The fourth-order valence-corrected chi connectivity index (χ4v) is 1.84. The number of unbranched alkanes of at least 4 members (excludes halogenated alkanes) is 3. The van der Waals surface area contributed by atoms with Crippen LogP contribution in [-0.2, 0) is 4.79 Å². The number of nitrogens with one attached hydrogen (secondary N) is 1. The minimum absolute atomic E-state index is 0.0952. The number of hydrogen-bond acceptors (Lipinski definition) is 2. The molecule has 4 heteroatoms. The Morgan fingerprint density at radius 3 is 2.79 bits per heavy atom. The number of benzene rings is 1. The van der Waals surface area contributed by atoms with E-state index in [-0.39, 0.29) is 12.5 Å². The van der Waals surface area contributed by atoms with Gasteiger partial charge in [-0.15, -0.1) is 0 Å². The molecule has 3 nitrogen and oxygen atoms in total. The molecule has 19 heavy (non-hydrogen) atoms. The summed E-state index contributed by atoms with van der Waals surface area (Å²) in [4.78, 5) is 11.5. The summed E-state index contributed by atoms with van der Waals surface area (Å²) in [5.41, 5.74) is 0.908. The van der Waals surface area contributed by atoms with E-state index in [4.69, 9.17) is 16.7 Å². The van der Waals surface area contributed by atoms with Gasteiger partial charge < -0.3 is 10.4 Å². The SMILES string of the molecule is O=C(/C=C/c1cccc(Cl)c1)NCCCCCCO. The Bertz CT molecular complexity index is 418. The Hall–Kier alpha value is -1.32. The molecule has 0 aliphatic carbocycles. The normalized spacial score (nSPS) is 10.8. The van der Waals surface area contributed by atoms with Crippen molar-refractivity contribution in [2.24, 2.45) is 0 Å². The Morgan fingerprint density at radius 2 is 2.05 bits per heavy atom. The second-order valence-electron chi connectivity index (χ2n) is 4.32. The van der Waals surface area contributed by atoms with Crippen LogP contribution in [0, 0.1) is 0 Å². The van der Waals surface area contributed by atoms with Gasteiger partial charge in [0.1, 0.15) is 0 Å². The summed E-state index contributed by atoms with van der Waals surface area (Å²) in [5.74, 6) is -0.0952. The predicted molar refractivity (Wildman–Crippen MR) is 79.0 cm³/mol. The zero-order chi connectivity index (χ0) is 13.9. The lowest BCUT2D eigenvalue weighted by molar-refractivity contribution is -0.116. The summed E-state index contributed by atoms with van der Waals surface area (Å²) in [6, 6.07) is 7.34. The summed E-state index contributed by atoms with van der Waals surface area (Å²) >= 11 is 5.85. The van der Waals surface area contributed by atoms with Crippen molar-refractivity contribution in [2.75, 3.05) is 13.2 Å². The fraction of sp³-hybridized carbons (Fsp3) is 0.400. The number of aliphatic hydroxyl groups excluding tert-OH is 1. The summed E-state index contributed by atoms with van der Waals surface area (Å²) < 4.78 is 0. The van der Waals surface area contributed by atoms with Gasteiger partial charge in [0, 0.05) is 24.3 Å². The van der Waals surface area contributed by atoms with E-state index in [0.717, 1.165) is 31.2 Å². The van der Waals surface area contributed by atoms with E-state index in [9.17, 15) is 4.79 Å². The highest BCUT2D eigenvalue weighted by Gasteiger charge is 1.95. The number of hydrogen-bond donors (Lipinski definition) is 2. The Balaban J connectivity index is 2.20. The molecular weight excluding hydrogens is 262 g/mol. The van der Waals surface area contributed by atoms with Crippen molar-refractivity contribution in [1.29, 1.82) is 0 Å². The van der Waals surface area contributed by atoms with E-state index in [2.05, 4.69) is 5.32 Å². The zero-order valence-corrected chi connectivity index (χ0v) is 11.7. The maximum atomic E-state index is 11.5. The lowest BCUT2D eigenvalue weighted by atomic mass is 10.2. The van der Waals surface area contributed by atoms with E-state index in [1.54, 1.807) is 18.2 Å². The van der Waals surface area contributed by atoms with Crippen LogP contribution < -0.4 is 5.32 Å². The molecular formula is C15H20ClNO2. The summed E-state index contributed by atoms with van der Waals surface area (Å²) in [5, 5.41) is 12.1. The van der Waals surface area contributed by atoms with Crippen LogP contribution in [0.1, 0.15) is 31.2 Å². The van der Waals surface area contributed by atoms with Crippen molar-refractivity contribution < 1.29 is 9.90 Å². The molecule has 1 rings (SSSR count). The summed E-state index contributed by atoms with van der Waals surface area (Å²) in [7, 11) is 0. The van der Waals surface area contributed by atoms with Gasteiger partial charge in [-0.25, -0.2) is 0 Å².